The number of para-hydroxylation sites is 1. The highest BCUT2D eigenvalue weighted by molar-refractivity contribution is 6.34. The van der Waals surface area contributed by atoms with E-state index < -0.39 is 0 Å². The van der Waals surface area contributed by atoms with Gasteiger partial charge in [0.2, 0.25) is 5.91 Å². The summed E-state index contributed by atoms with van der Waals surface area (Å²) in [6, 6.07) is 13.7. The van der Waals surface area contributed by atoms with Gasteiger partial charge in [0.1, 0.15) is 5.82 Å². The number of aromatic nitrogens is 2. The molecule has 1 N–H and O–H groups in total. The lowest BCUT2D eigenvalue weighted by molar-refractivity contribution is -0.116. The molecule has 0 aliphatic rings. The molecule has 0 radical (unpaired) electrons. The molecular weight excluding hydrogens is 352 g/mol. The minimum Gasteiger partial charge on any atom is -0.273 e. The van der Waals surface area contributed by atoms with Gasteiger partial charge in [-0.3, -0.25) is 15.0 Å². The second kappa shape index (κ2) is 7.38. The molecule has 1 aromatic heterocycles. The van der Waals surface area contributed by atoms with E-state index in [1.165, 1.54) is 4.68 Å². The normalized spacial score (nSPS) is 10.5. The van der Waals surface area contributed by atoms with E-state index in [1.807, 2.05) is 13.0 Å². The summed E-state index contributed by atoms with van der Waals surface area (Å²) in [5.74, 6) is 0.0680. The molecule has 6 nitrogen and oxygen atoms in total. The van der Waals surface area contributed by atoms with Crippen molar-refractivity contribution in [2.75, 3.05) is 5.43 Å². The monoisotopic (exact) mass is 366 g/mol. The van der Waals surface area contributed by atoms with E-state index in [4.69, 9.17) is 16.9 Å². The second-order valence-corrected chi connectivity index (χ2v) is 6.09. The Morgan fingerprint density at radius 2 is 2.00 bits per heavy atom. The Kier molecular flexibility index (Phi) is 5.01. The van der Waals surface area contributed by atoms with Crippen LogP contribution in [0.1, 0.15) is 23.9 Å². The average molecular weight is 367 g/mol. The minimum atomic E-state index is -0.373. The zero-order valence-corrected chi connectivity index (χ0v) is 14.7. The molecule has 0 aliphatic heterocycles. The number of carbonyl (C=O) groups excluding carboxylic acids is 1. The summed E-state index contributed by atoms with van der Waals surface area (Å²) in [6.07, 6.45) is 0.530. The van der Waals surface area contributed by atoms with Crippen molar-refractivity contribution in [3.63, 3.8) is 0 Å². The van der Waals surface area contributed by atoms with Crippen LogP contribution in [0.5, 0.6) is 0 Å². The van der Waals surface area contributed by atoms with Gasteiger partial charge in [0.05, 0.1) is 34.0 Å². The molecule has 130 valence electrons. The van der Waals surface area contributed by atoms with Crippen LogP contribution in [-0.4, -0.2) is 15.6 Å². The summed E-state index contributed by atoms with van der Waals surface area (Å²) < 4.78 is 1.17. The van der Waals surface area contributed by atoms with Crippen LogP contribution < -0.4 is 11.0 Å². The highest BCUT2D eigenvalue weighted by Gasteiger charge is 2.14. The predicted molar refractivity (Wildman–Crippen MR) is 99.6 cm³/mol. The van der Waals surface area contributed by atoms with Crippen LogP contribution in [0.15, 0.2) is 47.3 Å². The Balaban J connectivity index is 1.92. The number of nitrogens with one attached hydrogen (secondary N) is 1. The fraction of sp³-hybridized carbons (Fsp3) is 0.158. The van der Waals surface area contributed by atoms with Crippen molar-refractivity contribution in [2.24, 2.45) is 0 Å². The van der Waals surface area contributed by atoms with Crippen LogP contribution in [0.2, 0.25) is 5.02 Å². The number of amides is 1. The number of fused-ring (bicyclic) bond motifs is 1. The number of hydrogen-bond donors (Lipinski definition) is 1. The van der Waals surface area contributed by atoms with Gasteiger partial charge in [0.15, 0.2) is 0 Å². The molecule has 0 fully saturated rings. The van der Waals surface area contributed by atoms with Gasteiger partial charge in [-0.15, -0.1) is 0 Å². The molecule has 0 saturated heterocycles. The van der Waals surface area contributed by atoms with Crippen molar-refractivity contribution < 1.29 is 4.79 Å². The highest BCUT2D eigenvalue weighted by atomic mass is 35.5. The molecule has 3 aromatic rings. The molecule has 0 atom stereocenters. The van der Waals surface area contributed by atoms with Crippen LogP contribution >= 0.6 is 11.6 Å². The highest BCUT2D eigenvalue weighted by Crippen LogP contribution is 2.19. The summed E-state index contributed by atoms with van der Waals surface area (Å²) in [5, 5.41) is 9.55. The fourth-order valence-corrected chi connectivity index (χ4v) is 2.83. The van der Waals surface area contributed by atoms with Crippen LogP contribution in [0.4, 0.5) is 0 Å². The van der Waals surface area contributed by atoms with Gasteiger partial charge in [0.25, 0.3) is 5.56 Å². The summed E-state index contributed by atoms with van der Waals surface area (Å²) >= 11 is 6.13. The molecule has 0 unspecified atom stereocenters. The van der Waals surface area contributed by atoms with Crippen LogP contribution in [0.25, 0.3) is 10.9 Å². The topological polar surface area (TPSA) is 87.8 Å². The van der Waals surface area contributed by atoms with E-state index in [1.54, 1.807) is 42.5 Å². The van der Waals surface area contributed by atoms with Crippen molar-refractivity contribution in [2.45, 2.75) is 19.8 Å². The smallest absolute Gasteiger partial charge is 0.273 e. The fourth-order valence-electron chi connectivity index (χ4n) is 2.62. The van der Waals surface area contributed by atoms with Crippen molar-refractivity contribution >= 4 is 28.4 Å². The Morgan fingerprint density at radius 1 is 1.27 bits per heavy atom. The minimum absolute atomic E-state index is 0.0783. The largest absolute Gasteiger partial charge is 0.280 e. The molecule has 7 heteroatoms. The number of aryl methyl sites for hydroxylation is 1. The standard InChI is InChI=1S/C19H15ClN4O2/c1-2-16-22-18-14(4-3-5-15(18)20)19(26)24(16)23-17(25)10-12-6-8-13(11-21)9-7-12/h3-9H,2,10H2,1H3,(H,23,25). The molecule has 2 aromatic carbocycles. The molecular formula is C19H15ClN4O2. The van der Waals surface area contributed by atoms with Gasteiger partial charge in [-0.05, 0) is 29.8 Å². The SMILES string of the molecule is CCc1nc2c(Cl)cccc2c(=O)n1NC(=O)Cc1ccc(C#N)cc1. The Bertz CT molecular complexity index is 1080. The van der Waals surface area contributed by atoms with Gasteiger partial charge < -0.3 is 0 Å². The Labute approximate surface area is 154 Å². The first-order chi connectivity index (χ1) is 12.5. The molecule has 1 heterocycles. The average Bonchev–Trinajstić information content (AvgIpc) is 2.65. The molecule has 0 aliphatic carbocycles. The number of nitrogens with zero attached hydrogens (tertiary/aromatic N) is 3. The number of hydrogen-bond acceptors (Lipinski definition) is 4. The molecule has 0 bridgehead atoms. The number of rotatable bonds is 4. The van der Waals surface area contributed by atoms with Gasteiger partial charge in [-0.1, -0.05) is 36.7 Å². The van der Waals surface area contributed by atoms with Crippen molar-refractivity contribution in [1.29, 1.82) is 5.26 Å². The van der Waals surface area contributed by atoms with Gasteiger partial charge in [-0.25, -0.2) is 9.66 Å². The lowest BCUT2D eigenvalue weighted by atomic mass is 10.1. The lowest BCUT2D eigenvalue weighted by Crippen LogP contribution is -2.37. The van der Waals surface area contributed by atoms with Crippen molar-refractivity contribution in [1.82, 2.24) is 9.66 Å². The van der Waals surface area contributed by atoms with E-state index in [0.717, 1.165) is 5.56 Å². The van der Waals surface area contributed by atoms with Gasteiger partial charge >= 0.3 is 0 Å². The first-order valence-corrected chi connectivity index (χ1v) is 8.40. The van der Waals surface area contributed by atoms with Gasteiger partial charge in [0, 0.05) is 6.42 Å². The quantitative estimate of drug-likeness (QED) is 0.769. The van der Waals surface area contributed by atoms with Gasteiger partial charge in [-0.2, -0.15) is 5.26 Å². The maximum atomic E-state index is 12.7. The van der Waals surface area contributed by atoms with E-state index >= 15 is 0 Å². The number of nitriles is 1. The van der Waals surface area contributed by atoms with Crippen LogP contribution in [-0.2, 0) is 17.6 Å². The maximum Gasteiger partial charge on any atom is 0.280 e. The molecule has 3 rings (SSSR count). The molecule has 0 spiro atoms. The third kappa shape index (κ3) is 3.44. The summed E-state index contributed by atoms with van der Waals surface area (Å²) in [4.78, 5) is 29.5. The van der Waals surface area contributed by atoms with Crippen molar-refractivity contribution in [3.05, 3.63) is 74.8 Å². The zero-order valence-electron chi connectivity index (χ0n) is 14.0. The molecule has 1 amide bonds. The first kappa shape index (κ1) is 17.6. The number of halogens is 1. The van der Waals surface area contributed by atoms with E-state index in [0.29, 0.717) is 33.7 Å². The number of benzene rings is 2. The summed E-state index contributed by atoms with van der Waals surface area (Å²) in [5.41, 5.74) is 3.93. The molecule has 0 saturated carbocycles. The third-order valence-electron chi connectivity index (χ3n) is 3.92. The summed E-state index contributed by atoms with van der Waals surface area (Å²) in [6.45, 7) is 1.84. The van der Waals surface area contributed by atoms with Crippen molar-refractivity contribution in [3.8, 4) is 6.07 Å². The number of carbonyl (C=O) groups is 1. The van der Waals surface area contributed by atoms with E-state index in [2.05, 4.69) is 10.4 Å². The maximum absolute atomic E-state index is 12.7. The summed E-state index contributed by atoms with van der Waals surface area (Å²) in [7, 11) is 0. The van der Waals surface area contributed by atoms with E-state index in [-0.39, 0.29) is 17.9 Å². The second-order valence-electron chi connectivity index (χ2n) is 5.68. The first-order valence-electron chi connectivity index (χ1n) is 8.02. The Morgan fingerprint density at radius 3 is 2.65 bits per heavy atom. The molecule has 26 heavy (non-hydrogen) atoms. The van der Waals surface area contributed by atoms with Crippen LogP contribution in [0.3, 0.4) is 0 Å². The predicted octanol–water partition coefficient (Wildman–Crippen LogP) is 2.80. The third-order valence-corrected chi connectivity index (χ3v) is 4.22. The Hall–Kier alpha value is -3.17. The zero-order chi connectivity index (χ0) is 18.7. The lowest BCUT2D eigenvalue weighted by Gasteiger charge is -2.14. The van der Waals surface area contributed by atoms with Crippen LogP contribution in [0, 0.1) is 11.3 Å². The van der Waals surface area contributed by atoms with E-state index in [9.17, 15) is 9.59 Å².